The highest BCUT2D eigenvalue weighted by Gasteiger charge is 2.38. The molecule has 1 aromatic heterocycles. The Hall–Kier alpha value is -4.00. The van der Waals surface area contributed by atoms with Crippen LogP contribution in [0.1, 0.15) is 132 Å². The van der Waals surface area contributed by atoms with E-state index in [1.165, 1.54) is 51.4 Å². The number of aromatic nitrogens is 1. The number of fused-ring (bicyclic) bond motifs is 1. The van der Waals surface area contributed by atoms with Crippen LogP contribution in [0, 0.1) is 0 Å². The van der Waals surface area contributed by atoms with Gasteiger partial charge >= 0.3 is 6.18 Å². The van der Waals surface area contributed by atoms with E-state index in [-0.39, 0.29) is 12.5 Å². The molecule has 0 fully saturated rings. The molecule has 3 nitrogen and oxygen atoms in total. The average Bonchev–Trinajstić information content (AvgIpc) is 3.21. The van der Waals surface area contributed by atoms with Gasteiger partial charge in [-0.05, 0) is 41.7 Å². The largest absolute Gasteiger partial charge is 0.389 e. The van der Waals surface area contributed by atoms with E-state index in [1.54, 1.807) is 0 Å². The molecule has 0 spiro atoms. The summed E-state index contributed by atoms with van der Waals surface area (Å²) in [5, 5.41) is 1.12. The summed E-state index contributed by atoms with van der Waals surface area (Å²) in [6.07, 6.45) is 12.5. The van der Waals surface area contributed by atoms with Crippen molar-refractivity contribution in [2.24, 2.45) is 0 Å². The lowest BCUT2D eigenvalue weighted by Gasteiger charge is -2.37. The van der Waals surface area contributed by atoms with E-state index >= 15 is 0 Å². The molecular weight excluding hydrogens is 692 g/mol. The second kappa shape index (κ2) is 23.2. The Kier molecular flexibility index (Phi) is 17.7. The van der Waals surface area contributed by atoms with Crippen LogP contribution in [-0.2, 0) is 21.7 Å². The summed E-state index contributed by atoms with van der Waals surface area (Å²) in [4.78, 5) is 4.89. The van der Waals surface area contributed by atoms with Crippen molar-refractivity contribution in [3.05, 3.63) is 150 Å². The molecule has 0 amide bonds. The molecule has 5 rings (SSSR count). The molecule has 0 saturated heterocycles. The lowest BCUT2D eigenvalue weighted by Crippen LogP contribution is -2.36. The fraction of sp³-hybridized carbons (Fsp3) is 0.449. The highest BCUT2D eigenvalue weighted by molar-refractivity contribution is 5.78. The van der Waals surface area contributed by atoms with Crippen LogP contribution in [0.5, 0.6) is 0 Å². The number of pyridine rings is 1. The van der Waals surface area contributed by atoms with Crippen LogP contribution in [0.25, 0.3) is 10.9 Å². The van der Waals surface area contributed by atoms with Gasteiger partial charge in [-0.15, -0.1) is 0 Å². The van der Waals surface area contributed by atoms with Crippen molar-refractivity contribution in [3.63, 3.8) is 0 Å². The fourth-order valence-electron chi connectivity index (χ4n) is 7.59. The van der Waals surface area contributed by atoms with Gasteiger partial charge < -0.3 is 9.47 Å². The van der Waals surface area contributed by atoms with Crippen LogP contribution in [0.15, 0.2) is 127 Å². The minimum absolute atomic E-state index is 0.108. The number of rotatable bonds is 26. The van der Waals surface area contributed by atoms with Crippen LogP contribution in [0.4, 0.5) is 13.2 Å². The number of hydrogen-bond acceptors (Lipinski definition) is 3. The van der Waals surface area contributed by atoms with Crippen LogP contribution >= 0.6 is 0 Å². The third-order valence-electron chi connectivity index (χ3n) is 10.6. The molecule has 1 atom stereocenters. The number of para-hydroxylation sites is 1. The number of alkyl halides is 3. The molecule has 0 N–H and O–H groups in total. The van der Waals surface area contributed by atoms with Crippen LogP contribution < -0.4 is 0 Å². The van der Waals surface area contributed by atoms with Crippen molar-refractivity contribution in [2.45, 2.75) is 134 Å². The minimum atomic E-state index is -4.01. The SMILES string of the molecule is FC(F)(F)CCCCCCCCCCCCCCCCC[C@@H](COC(c1ccccc1)(c1ccccc1)c1ccccc1)OCc1ccc2ccccc2n1. The number of unbranched alkanes of at least 4 members (excludes halogenated alkanes) is 14. The van der Waals surface area contributed by atoms with Gasteiger partial charge in [0.25, 0.3) is 0 Å². The molecule has 6 heteroatoms. The minimum Gasteiger partial charge on any atom is -0.370 e. The summed E-state index contributed by atoms with van der Waals surface area (Å²) in [5.41, 5.74) is 4.35. The van der Waals surface area contributed by atoms with Gasteiger partial charge in [-0.1, -0.05) is 205 Å². The highest BCUT2D eigenvalue weighted by Crippen LogP contribution is 2.41. The summed E-state index contributed by atoms with van der Waals surface area (Å²) in [6.45, 7) is 0.861. The molecule has 0 aliphatic carbocycles. The molecule has 0 unspecified atom stereocenters. The zero-order valence-corrected chi connectivity index (χ0v) is 32.5. The first-order chi connectivity index (χ1) is 26.9. The quantitative estimate of drug-likeness (QED) is 0.0416. The summed E-state index contributed by atoms with van der Waals surface area (Å²) in [6, 6.07) is 44.0. The van der Waals surface area contributed by atoms with Crippen molar-refractivity contribution in [3.8, 4) is 0 Å². The first-order valence-corrected chi connectivity index (χ1v) is 20.8. The van der Waals surface area contributed by atoms with Gasteiger partial charge in [-0.25, -0.2) is 0 Å². The smallest absolute Gasteiger partial charge is 0.370 e. The van der Waals surface area contributed by atoms with Gasteiger partial charge in [0.15, 0.2) is 0 Å². The lowest BCUT2D eigenvalue weighted by molar-refractivity contribution is -0.135. The number of benzene rings is 4. The molecule has 0 radical (unpaired) electrons. The molecule has 1 heterocycles. The standard InChI is InChI=1S/C49H60F3NO2/c50-48(51,52)38-26-13-11-9-7-5-3-1-2-4-6-8-10-12-23-34-46(54-39-45-37-36-41-27-24-25-35-47(41)53-45)40-55-49(42-28-17-14-18-29-42,43-30-19-15-20-31-43)44-32-21-16-22-33-44/h14-22,24-25,27-33,35-37,46H,1-13,23,26,34,38-40H2/t46-/m0/s1. The van der Waals surface area contributed by atoms with E-state index in [1.807, 2.05) is 36.4 Å². The number of halogens is 3. The molecule has 5 aromatic rings. The highest BCUT2D eigenvalue weighted by atomic mass is 19.4. The topological polar surface area (TPSA) is 31.4 Å². The maximum absolute atomic E-state index is 12.3. The van der Waals surface area contributed by atoms with E-state index in [0.717, 1.165) is 71.8 Å². The molecule has 0 aliphatic rings. The van der Waals surface area contributed by atoms with E-state index in [0.29, 0.717) is 19.6 Å². The predicted molar refractivity (Wildman–Crippen MR) is 220 cm³/mol. The molecule has 55 heavy (non-hydrogen) atoms. The third-order valence-corrected chi connectivity index (χ3v) is 10.6. The van der Waals surface area contributed by atoms with Gasteiger partial charge in [0.1, 0.15) is 5.60 Å². The zero-order chi connectivity index (χ0) is 38.4. The normalized spacial score (nSPS) is 12.6. The molecule has 0 bridgehead atoms. The van der Waals surface area contributed by atoms with Crippen molar-refractivity contribution in [1.82, 2.24) is 4.98 Å². The van der Waals surface area contributed by atoms with Gasteiger partial charge in [0.2, 0.25) is 0 Å². The maximum Gasteiger partial charge on any atom is 0.389 e. The Bertz CT molecular complexity index is 1650. The lowest BCUT2D eigenvalue weighted by atomic mass is 9.80. The van der Waals surface area contributed by atoms with E-state index in [4.69, 9.17) is 14.5 Å². The molecule has 294 valence electrons. The summed E-state index contributed by atoms with van der Waals surface area (Å²) in [5.74, 6) is 0. The Morgan fingerprint density at radius 2 is 0.909 bits per heavy atom. The average molecular weight is 752 g/mol. The summed E-state index contributed by atoms with van der Waals surface area (Å²) in [7, 11) is 0. The molecule has 4 aromatic carbocycles. The first-order valence-electron chi connectivity index (χ1n) is 20.8. The number of hydrogen-bond donors (Lipinski definition) is 0. The maximum atomic E-state index is 12.3. The number of nitrogens with zero attached hydrogens (tertiary/aromatic N) is 1. The van der Waals surface area contributed by atoms with Crippen molar-refractivity contribution in [1.29, 1.82) is 0 Å². The summed E-state index contributed by atoms with van der Waals surface area (Å²) >= 11 is 0. The van der Waals surface area contributed by atoms with Crippen LogP contribution in [-0.4, -0.2) is 23.9 Å². The second-order valence-electron chi connectivity index (χ2n) is 15.0. The van der Waals surface area contributed by atoms with Gasteiger partial charge in [0, 0.05) is 11.8 Å². The Morgan fingerprint density at radius 1 is 0.473 bits per heavy atom. The van der Waals surface area contributed by atoms with Gasteiger partial charge in [-0.2, -0.15) is 13.2 Å². The molecule has 0 aliphatic heterocycles. The Balaban J connectivity index is 1.11. The zero-order valence-electron chi connectivity index (χ0n) is 32.5. The van der Waals surface area contributed by atoms with E-state index in [9.17, 15) is 13.2 Å². The van der Waals surface area contributed by atoms with Crippen LogP contribution in [0.2, 0.25) is 0 Å². The van der Waals surface area contributed by atoms with E-state index < -0.39 is 18.2 Å². The van der Waals surface area contributed by atoms with E-state index in [2.05, 4.69) is 91.0 Å². The molecular formula is C49H60F3NO2. The van der Waals surface area contributed by atoms with Crippen LogP contribution in [0.3, 0.4) is 0 Å². The Morgan fingerprint density at radius 3 is 1.40 bits per heavy atom. The first kappa shape index (κ1) is 42.1. The van der Waals surface area contributed by atoms with Crippen molar-refractivity contribution >= 4 is 10.9 Å². The van der Waals surface area contributed by atoms with Gasteiger partial charge in [-0.3, -0.25) is 4.98 Å². The second-order valence-corrected chi connectivity index (χ2v) is 15.0. The molecule has 0 saturated carbocycles. The van der Waals surface area contributed by atoms with Gasteiger partial charge in [0.05, 0.1) is 30.5 Å². The van der Waals surface area contributed by atoms with Crippen molar-refractivity contribution in [2.75, 3.05) is 6.61 Å². The van der Waals surface area contributed by atoms with Crippen molar-refractivity contribution < 1.29 is 22.6 Å². The third kappa shape index (κ3) is 14.2. The number of ether oxygens (including phenoxy) is 2. The fourth-order valence-corrected chi connectivity index (χ4v) is 7.59. The summed E-state index contributed by atoms with van der Waals surface area (Å²) < 4.78 is 50.7. The predicted octanol–water partition coefficient (Wildman–Crippen LogP) is 14.3. The Labute approximate surface area is 327 Å². The monoisotopic (exact) mass is 751 g/mol.